The molecule has 1 aliphatic rings. The molecule has 17 heavy (non-hydrogen) atoms. The highest BCUT2D eigenvalue weighted by molar-refractivity contribution is 5.83. The first-order chi connectivity index (χ1) is 7.79. The number of rotatable bonds is 4. The number of halogens is 3. The van der Waals surface area contributed by atoms with Crippen molar-refractivity contribution in [2.75, 3.05) is 26.3 Å². The van der Waals surface area contributed by atoms with Crippen LogP contribution in [0.1, 0.15) is 6.42 Å². The molecule has 0 aromatic rings. The Morgan fingerprint density at radius 3 is 2.47 bits per heavy atom. The van der Waals surface area contributed by atoms with Gasteiger partial charge in [0, 0.05) is 6.61 Å². The van der Waals surface area contributed by atoms with Crippen LogP contribution in [0.4, 0.5) is 13.2 Å². The molecular weight excluding hydrogens is 243 g/mol. The van der Waals surface area contributed by atoms with Gasteiger partial charge < -0.3 is 14.7 Å². The summed E-state index contributed by atoms with van der Waals surface area (Å²) < 4.78 is 41.4. The Kier molecular flexibility index (Phi) is 4.33. The molecule has 1 amide bonds. The Morgan fingerprint density at radius 2 is 2.06 bits per heavy atom. The van der Waals surface area contributed by atoms with Crippen LogP contribution in [0.15, 0.2) is 0 Å². The Labute approximate surface area is 95.1 Å². The van der Waals surface area contributed by atoms with Crippen molar-refractivity contribution in [2.45, 2.75) is 12.6 Å². The molecule has 0 radical (unpaired) electrons. The van der Waals surface area contributed by atoms with Crippen LogP contribution in [0.2, 0.25) is 0 Å². The summed E-state index contributed by atoms with van der Waals surface area (Å²) in [6, 6.07) is 0. The van der Waals surface area contributed by atoms with E-state index in [4.69, 9.17) is 9.84 Å². The molecule has 1 rings (SSSR count). The monoisotopic (exact) mass is 255 g/mol. The van der Waals surface area contributed by atoms with Crippen molar-refractivity contribution < 1.29 is 32.6 Å². The summed E-state index contributed by atoms with van der Waals surface area (Å²) in [5.41, 5.74) is 0. The van der Waals surface area contributed by atoms with E-state index in [0.29, 0.717) is 17.9 Å². The van der Waals surface area contributed by atoms with E-state index in [1.165, 1.54) is 0 Å². The van der Waals surface area contributed by atoms with E-state index in [9.17, 15) is 22.8 Å². The van der Waals surface area contributed by atoms with Gasteiger partial charge in [-0.25, -0.2) is 0 Å². The van der Waals surface area contributed by atoms with Crippen LogP contribution >= 0.6 is 0 Å². The molecule has 1 saturated heterocycles. The van der Waals surface area contributed by atoms with Crippen molar-refractivity contribution in [1.82, 2.24) is 4.90 Å². The molecule has 8 heteroatoms. The van der Waals surface area contributed by atoms with E-state index in [1.54, 1.807) is 0 Å². The first kappa shape index (κ1) is 13.8. The predicted molar refractivity (Wildman–Crippen MR) is 49.2 cm³/mol. The van der Waals surface area contributed by atoms with Crippen LogP contribution < -0.4 is 0 Å². The van der Waals surface area contributed by atoms with E-state index in [0.717, 1.165) is 0 Å². The average Bonchev–Trinajstić information content (AvgIpc) is 2.65. The van der Waals surface area contributed by atoms with Gasteiger partial charge in [-0.05, 0) is 6.42 Å². The normalized spacial score (nSPS) is 20.3. The highest BCUT2D eigenvalue weighted by Crippen LogP contribution is 2.20. The topological polar surface area (TPSA) is 66.8 Å². The number of carbonyl (C=O) groups is 2. The Balaban J connectivity index is 2.67. The summed E-state index contributed by atoms with van der Waals surface area (Å²) >= 11 is 0. The van der Waals surface area contributed by atoms with Crippen molar-refractivity contribution in [3.05, 3.63) is 0 Å². The Bertz CT molecular complexity index is 299. The number of carbonyl (C=O) groups excluding carboxylic acids is 1. The van der Waals surface area contributed by atoms with Crippen molar-refractivity contribution >= 4 is 11.9 Å². The van der Waals surface area contributed by atoms with E-state index in [-0.39, 0.29) is 6.61 Å². The minimum atomic E-state index is -4.61. The lowest BCUT2D eigenvalue weighted by Gasteiger charge is -2.24. The van der Waals surface area contributed by atoms with Gasteiger partial charge in [0.05, 0.1) is 12.5 Å². The van der Waals surface area contributed by atoms with E-state index in [1.807, 2.05) is 0 Å². The maximum absolute atomic E-state index is 12.2. The van der Waals surface area contributed by atoms with Crippen LogP contribution in [0, 0.1) is 5.92 Å². The number of carboxylic acid groups (broad SMARTS) is 1. The lowest BCUT2D eigenvalue weighted by atomic mass is 10.1. The van der Waals surface area contributed by atoms with Gasteiger partial charge in [-0.3, -0.25) is 9.59 Å². The van der Waals surface area contributed by atoms with Gasteiger partial charge in [0.25, 0.3) is 0 Å². The molecule has 5 nitrogen and oxygen atoms in total. The van der Waals surface area contributed by atoms with Gasteiger partial charge >= 0.3 is 12.1 Å². The molecule has 0 spiro atoms. The molecule has 1 aliphatic heterocycles. The van der Waals surface area contributed by atoms with Gasteiger partial charge in [-0.2, -0.15) is 13.2 Å². The second kappa shape index (κ2) is 5.35. The van der Waals surface area contributed by atoms with E-state index < -0.39 is 37.1 Å². The summed E-state index contributed by atoms with van der Waals surface area (Å²) in [5, 5.41) is 8.48. The fourth-order valence-corrected chi connectivity index (χ4v) is 1.58. The number of hydrogen-bond acceptors (Lipinski definition) is 3. The minimum absolute atomic E-state index is 0.0484. The zero-order valence-electron chi connectivity index (χ0n) is 8.87. The van der Waals surface area contributed by atoms with Crippen molar-refractivity contribution in [3.63, 3.8) is 0 Å². The van der Waals surface area contributed by atoms with E-state index in [2.05, 4.69) is 0 Å². The van der Waals surface area contributed by atoms with Gasteiger partial charge in [0.2, 0.25) is 5.91 Å². The lowest BCUT2D eigenvalue weighted by molar-refractivity contribution is -0.168. The molecule has 1 fully saturated rings. The van der Waals surface area contributed by atoms with Gasteiger partial charge in [0.1, 0.15) is 13.1 Å². The van der Waals surface area contributed by atoms with Crippen LogP contribution in [0.3, 0.4) is 0 Å². The molecule has 1 N–H and O–H groups in total. The smallest absolute Gasteiger partial charge is 0.406 e. The number of ether oxygens (including phenoxy) is 1. The first-order valence-corrected chi connectivity index (χ1v) is 4.94. The summed E-state index contributed by atoms with van der Waals surface area (Å²) in [4.78, 5) is 22.4. The van der Waals surface area contributed by atoms with Gasteiger partial charge in [0.15, 0.2) is 0 Å². The van der Waals surface area contributed by atoms with E-state index >= 15 is 0 Å². The number of amides is 1. The zero-order chi connectivity index (χ0) is 13.1. The molecule has 0 bridgehead atoms. The number of aliphatic carboxylic acids is 1. The molecule has 0 aliphatic carbocycles. The minimum Gasteiger partial charge on any atom is -0.480 e. The lowest BCUT2D eigenvalue weighted by Crippen LogP contribution is -2.45. The summed E-state index contributed by atoms with van der Waals surface area (Å²) in [7, 11) is 0. The van der Waals surface area contributed by atoms with Crippen LogP contribution in [0.25, 0.3) is 0 Å². The summed E-state index contributed by atoms with van der Waals surface area (Å²) in [6.45, 7) is -2.14. The second-order valence-corrected chi connectivity index (χ2v) is 3.76. The van der Waals surface area contributed by atoms with Crippen molar-refractivity contribution in [2.24, 2.45) is 5.92 Å². The third-order valence-corrected chi connectivity index (χ3v) is 2.29. The number of carboxylic acids is 1. The third-order valence-electron chi connectivity index (χ3n) is 2.29. The number of hydrogen-bond donors (Lipinski definition) is 1. The average molecular weight is 255 g/mol. The Morgan fingerprint density at radius 1 is 1.41 bits per heavy atom. The predicted octanol–water partition coefficient (Wildman–Crippen LogP) is 0.498. The fraction of sp³-hybridized carbons (Fsp3) is 0.778. The maximum atomic E-state index is 12.2. The molecule has 98 valence electrons. The number of nitrogens with zero attached hydrogens (tertiary/aromatic N) is 1. The third kappa shape index (κ3) is 4.59. The van der Waals surface area contributed by atoms with Gasteiger partial charge in [-0.15, -0.1) is 0 Å². The largest absolute Gasteiger partial charge is 0.480 e. The summed E-state index contributed by atoms with van der Waals surface area (Å²) in [6.07, 6.45) is -4.28. The SMILES string of the molecule is O=C(O)CN(CC(F)(F)F)C(=O)C1CCOC1. The first-order valence-electron chi connectivity index (χ1n) is 4.94. The molecule has 1 heterocycles. The summed E-state index contributed by atoms with van der Waals surface area (Å²) in [5.74, 6) is -2.96. The standard InChI is InChI=1S/C9H12F3NO4/c10-9(11,12)5-13(3-7(14)15)8(16)6-1-2-17-4-6/h6H,1-5H2,(H,14,15). The highest BCUT2D eigenvalue weighted by atomic mass is 19.4. The maximum Gasteiger partial charge on any atom is 0.406 e. The molecule has 1 unspecified atom stereocenters. The molecule has 0 saturated carbocycles. The van der Waals surface area contributed by atoms with Crippen molar-refractivity contribution in [1.29, 1.82) is 0 Å². The van der Waals surface area contributed by atoms with Gasteiger partial charge in [-0.1, -0.05) is 0 Å². The molecule has 0 aromatic carbocycles. The molecule has 0 aromatic heterocycles. The zero-order valence-corrected chi connectivity index (χ0v) is 8.87. The van der Waals surface area contributed by atoms with Crippen LogP contribution in [-0.2, 0) is 14.3 Å². The molecule has 1 atom stereocenters. The van der Waals surface area contributed by atoms with Crippen LogP contribution in [-0.4, -0.2) is 54.4 Å². The Hall–Kier alpha value is -1.31. The quantitative estimate of drug-likeness (QED) is 0.794. The number of alkyl halides is 3. The molecular formula is C9H12F3NO4. The highest BCUT2D eigenvalue weighted by Gasteiger charge is 2.37. The fourth-order valence-electron chi connectivity index (χ4n) is 1.58. The second-order valence-electron chi connectivity index (χ2n) is 3.76. The van der Waals surface area contributed by atoms with Crippen molar-refractivity contribution in [3.8, 4) is 0 Å². The van der Waals surface area contributed by atoms with Crippen LogP contribution in [0.5, 0.6) is 0 Å².